The van der Waals surface area contributed by atoms with Crippen molar-refractivity contribution in [3.05, 3.63) is 13.2 Å². The van der Waals surface area contributed by atoms with Crippen LogP contribution in [-0.4, -0.2) is 29.6 Å². The Labute approximate surface area is 70.2 Å². The van der Waals surface area contributed by atoms with Gasteiger partial charge in [-0.15, -0.1) is 13.2 Å². The van der Waals surface area contributed by atoms with Gasteiger partial charge in [0.1, 0.15) is 0 Å². The highest BCUT2D eigenvalue weighted by Crippen LogP contribution is 2.14. The van der Waals surface area contributed by atoms with E-state index in [1.807, 2.05) is 0 Å². The molecule has 4 nitrogen and oxygen atoms in total. The molecule has 0 atom stereocenters. The van der Waals surface area contributed by atoms with Crippen molar-refractivity contribution >= 4 is 26.3 Å². The average Bonchev–Trinajstić information content (AvgIpc) is 2.40. The van der Waals surface area contributed by atoms with Crippen molar-refractivity contribution < 1.29 is 13.0 Å². The van der Waals surface area contributed by atoms with Gasteiger partial charge in [0.05, 0.1) is 6.54 Å². The minimum Gasteiger partial charge on any atom is -0.280 e. The molecule has 11 heavy (non-hydrogen) atoms. The molecule has 0 bridgehead atoms. The predicted octanol–water partition coefficient (Wildman–Crippen LogP) is 0.779. The molecule has 1 rings (SSSR count). The molecule has 0 amide bonds. The molecule has 0 unspecified atom stereocenters. The lowest BCUT2D eigenvalue weighted by Gasteiger charge is -1.89. The monoisotopic (exact) mass is 195 g/mol. The summed E-state index contributed by atoms with van der Waals surface area (Å²) in [6.45, 7) is 6.49. The molecule has 0 spiro atoms. The van der Waals surface area contributed by atoms with Gasteiger partial charge >= 0.3 is 10.1 Å². The molecule has 0 saturated heterocycles. The van der Waals surface area contributed by atoms with Crippen LogP contribution in [0.4, 0.5) is 0 Å². The molecule has 6 heteroatoms. The standard InChI is InChI=1S/C3H5NO3S2.C2H4/c5-9(6,7)3-4-1-2-8-3;1-2/h1-2H2,(H,5,6,7);1-2H2. The molecule has 0 aromatic rings. The second kappa shape index (κ2) is 4.53. The summed E-state index contributed by atoms with van der Waals surface area (Å²) >= 11 is 1.06. The maximum atomic E-state index is 10.2. The third kappa shape index (κ3) is 3.54. The topological polar surface area (TPSA) is 66.7 Å². The van der Waals surface area contributed by atoms with Crippen LogP contribution >= 0.6 is 11.8 Å². The fraction of sp³-hybridized carbons (Fsp3) is 0.400. The van der Waals surface area contributed by atoms with Gasteiger partial charge < -0.3 is 0 Å². The van der Waals surface area contributed by atoms with Crippen LogP contribution in [0.2, 0.25) is 0 Å². The van der Waals surface area contributed by atoms with Crippen LogP contribution in [-0.2, 0) is 10.1 Å². The summed E-state index contributed by atoms with van der Waals surface area (Å²) in [6, 6.07) is 0. The van der Waals surface area contributed by atoms with E-state index in [1.54, 1.807) is 0 Å². The van der Waals surface area contributed by atoms with Gasteiger partial charge in [-0.1, -0.05) is 11.8 Å². The number of aliphatic imine (C=N–C) groups is 1. The van der Waals surface area contributed by atoms with Crippen LogP contribution in [0.1, 0.15) is 0 Å². The number of hydrogen-bond donors (Lipinski definition) is 1. The Balaban J connectivity index is 0.000000461. The smallest absolute Gasteiger partial charge is 0.280 e. The quantitative estimate of drug-likeness (QED) is 0.458. The predicted molar refractivity (Wildman–Crippen MR) is 47.6 cm³/mol. The molecule has 0 fully saturated rings. The summed E-state index contributed by atoms with van der Waals surface area (Å²) in [5.74, 6) is 0.648. The first-order chi connectivity index (χ1) is 5.11. The van der Waals surface area contributed by atoms with Crippen molar-refractivity contribution in [2.45, 2.75) is 0 Å². The van der Waals surface area contributed by atoms with Crippen LogP contribution < -0.4 is 0 Å². The van der Waals surface area contributed by atoms with Gasteiger partial charge in [-0.05, 0) is 0 Å². The minimum absolute atomic E-state index is 0.150. The summed E-state index contributed by atoms with van der Waals surface area (Å²) in [7, 11) is -3.99. The highest BCUT2D eigenvalue weighted by molar-refractivity contribution is 8.33. The highest BCUT2D eigenvalue weighted by atomic mass is 32.3. The lowest BCUT2D eigenvalue weighted by atomic mass is 10.8. The lowest BCUT2D eigenvalue weighted by molar-refractivity contribution is 0.499. The largest absolute Gasteiger partial charge is 0.318 e. The second-order valence-electron chi connectivity index (χ2n) is 1.47. The van der Waals surface area contributed by atoms with Gasteiger partial charge in [0, 0.05) is 5.75 Å². The highest BCUT2D eigenvalue weighted by Gasteiger charge is 2.19. The third-order valence-corrected chi connectivity index (χ3v) is 3.10. The zero-order chi connectivity index (χ0) is 8.91. The Hall–Kier alpha value is -0.330. The van der Waals surface area contributed by atoms with Crippen LogP contribution in [0.3, 0.4) is 0 Å². The first-order valence-electron chi connectivity index (χ1n) is 2.75. The molecule has 0 radical (unpaired) electrons. The van der Waals surface area contributed by atoms with Gasteiger partial charge in [0.15, 0.2) is 0 Å². The lowest BCUT2D eigenvalue weighted by Crippen LogP contribution is -2.06. The van der Waals surface area contributed by atoms with Crippen LogP contribution in [0.15, 0.2) is 18.2 Å². The summed E-state index contributed by atoms with van der Waals surface area (Å²) in [5.41, 5.74) is 0. The van der Waals surface area contributed by atoms with Gasteiger partial charge in [0.2, 0.25) is 4.38 Å². The van der Waals surface area contributed by atoms with Crippen molar-refractivity contribution in [2.24, 2.45) is 4.99 Å². The van der Waals surface area contributed by atoms with Crippen molar-refractivity contribution in [2.75, 3.05) is 12.3 Å². The molecule has 1 aliphatic heterocycles. The van der Waals surface area contributed by atoms with E-state index in [-0.39, 0.29) is 4.38 Å². The van der Waals surface area contributed by atoms with Gasteiger partial charge in [-0.3, -0.25) is 9.55 Å². The average molecular weight is 195 g/mol. The maximum absolute atomic E-state index is 10.2. The summed E-state index contributed by atoms with van der Waals surface area (Å²) in [4.78, 5) is 3.55. The van der Waals surface area contributed by atoms with Crippen molar-refractivity contribution in [3.8, 4) is 0 Å². The summed E-state index contributed by atoms with van der Waals surface area (Å²) in [6.07, 6.45) is 0. The van der Waals surface area contributed by atoms with E-state index >= 15 is 0 Å². The summed E-state index contributed by atoms with van der Waals surface area (Å²) in [5, 5.41) is 0. The van der Waals surface area contributed by atoms with E-state index in [9.17, 15) is 8.42 Å². The van der Waals surface area contributed by atoms with Gasteiger partial charge in [0.25, 0.3) is 0 Å². The van der Waals surface area contributed by atoms with Gasteiger partial charge in [-0.2, -0.15) is 8.42 Å². The van der Waals surface area contributed by atoms with Gasteiger partial charge in [-0.25, -0.2) is 0 Å². The molecule has 0 saturated carbocycles. The van der Waals surface area contributed by atoms with Crippen LogP contribution in [0.25, 0.3) is 0 Å². The van der Waals surface area contributed by atoms with E-state index < -0.39 is 10.1 Å². The normalized spacial score (nSPS) is 16.6. The third-order valence-electron chi connectivity index (χ3n) is 0.778. The Morgan fingerprint density at radius 1 is 1.55 bits per heavy atom. The zero-order valence-electron chi connectivity index (χ0n) is 5.86. The molecule has 1 N–H and O–H groups in total. The first-order valence-corrected chi connectivity index (χ1v) is 5.18. The molecule has 1 heterocycles. The fourth-order valence-electron chi connectivity index (χ4n) is 0.472. The van der Waals surface area contributed by atoms with E-state index in [0.717, 1.165) is 11.8 Å². The maximum Gasteiger partial charge on any atom is 0.318 e. The zero-order valence-corrected chi connectivity index (χ0v) is 7.49. The van der Waals surface area contributed by atoms with Crippen LogP contribution in [0.5, 0.6) is 0 Å². The Kier molecular flexibility index (Phi) is 4.39. The molecule has 0 aliphatic carbocycles. The van der Waals surface area contributed by atoms with E-state index in [0.29, 0.717) is 12.3 Å². The molecule has 1 aliphatic rings. The molecule has 0 aromatic heterocycles. The first kappa shape index (κ1) is 10.7. The molecular formula is C5H9NO3S2. The minimum atomic E-state index is -3.99. The SMILES string of the molecule is C=C.O=S(=O)(O)C1=NCCS1. The molecule has 0 aromatic carbocycles. The number of thioether (sulfide) groups is 1. The van der Waals surface area contributed by atoms with Crippen molar-refractivity contribution in [1.29, 1.82) is 0 Å². The number of hydrogen-bond acceptors (Lipinski definition) is 4. The van der Waals surface area contributed by atoms with E-state index in [1.165, 1.54) is 0 Å². The van der Waals surface area contributed by atoms with Crippen LogP contribution in [0, 0.1) is 0 Å². The van der Waals surface area contributed by atoms with Crippen molar-refractivity contribution in [1.82, 2.24) is 0 Å². The van der Waals surface area contributed by atoms with E-state index in [4.69, 9.17) is 4.55 Å². The Bertz CT molecular complexity index is 244. The number of nitrogens with zero attached hydrogens (tertiary/aromatic N) is 1. The molecular weight excluding hydrogens is 186 g/mol. The number of rotatable bonds is 0. The van der Waals surface area contributed by atoms with Crippen molar-refractivity contribution in [3.63, 3.8) is 0 Å². The second-order valence-corrected chi connectivity index (χ2v) is 4.15. The summed E-state index contributed by atoms with van der Waals surface area (Å²) < 4.78 is 28.7. The fourth-order valence-corrected chi connectivity index (χ4v) is 2.11. The Morgan fingerprint density at radius 2 is 2.09 bits per heavy atom. The Morgan fingerprint density at radius 3 is 2.27 bits per heavy atom. The molecule has 64 valence electrons. The van der Waals surface area contributed by atoms with E-state index in [2.05, 4.69) is 18.2 Å².